The maximum Gasteiger partial charge on any atom is 0.109 e. The van der Waals surface area contributed by atoms with Gasteiger partial charge in [-0.1, -0.05) is 6.92 Å². The standard InChI is InChI=1S/C8H18B2O4P/c1-3-15(10,11)14-6-4-8(9)13-7(6)5-12-2/h6-8H,3-5H2,1-2,10H3/q-1/t6?,7-,8-,15?/m1/s1. The van der Waals surface area contributed by atoms with E-state index >= 15 is 0 Å². The van der Waals surface area contributed by atoms with Crippen molar-refractivity contribution in [1.29, 1.82) is 0 Å². The summed E-state index contributed by atoms with van der Waals surface area (Å²) >= 11 is 0. The van der Waals surface area contributed by atoms with E-state index in [1.54, 1.807) is 7.11 Å². The minimum atomic E-state index is -2.25. The summed E-state index contributed by atoms with van der Waals surface area (Å²) in [6.07, 6.45) is 0.939. The number of hydrogen-bond acceptors (Lipinski definition) is 4. The third-order valence-corrected chi connectivity index (χ3v) is 3.09. The molecule has 0 aliphatic carbocycles. The Balaban J connectivity index is 2.55. The van der Waals surface area contributed by atoms with E-state index in [2.05, 4.69) is 0 Å². The lowest BCUT2D eigenvalue weighted by atomic mass is 9.96. The van der Waals surface area contributed by atoms with Crippen molar-refractivity contribution in [1.82, 2.24) is 0 Å². The Hall–Kier alpha value is 0.240. The minimum Gasteiger partial charge on any atom is -0.382 e. The Morgan fingerprint density at radius 3 is 2.87 bits per heavy atom. The second-order valence-corrected chi connectivity index (χ2v) is 4.71. The van der Waals surface area contributed by atoms with Gasteiger partial charge in [0.15, 0.2) is 0 Å². The topological polar surface area (TPSA) is 44.8 Å². The monoisotopic (exact) mass is 231 g/mol. The average molecular weight is 231 g/mol. The quantitative estimate of drug-likeness (QED) is 0.488. The Morgan fingerprint density at radius 1 is 1.67 bits per heavy atom. The van der Waals surface area contributed by atoms with Gasteiger partial charge in [0.2, 0.25) is 0 Å². The Kier molecular flexibility index (Phi) is 4.91. The summed E-state index contributed by atoms with van der Waals surface area (Å²) in [5.41, 5.74) is 0. The van der Waals surface area contributed by atoms with Crippen LogP contribution in [0.3, 0.4) is 0 Å². The molecule has 1 aliphatic rings. The molecule has 1 aliphatic heterocycles. The fraction of sp³-hybridized carbons (Fsp3) is 1.00. The first-order chi connectivity index (χ1) is 6.98. The van der Waals surface area contributed by atoms with Crippen molar-refractivity contribution >= 4 is 22.7 Å². The van der Waals surface area contributed by atoms with Crippen molar-refractivity contribution in [2.75, 3.05) is 19.9 Å². The second kappa shape index (κ2) is 5.53. The molecule has 2 radical (unpaired) electrons. The van der Waals surface area contributed by atoms with Crippen LogP contribution in [-0.2, 0) is 18.6 Å². The molecule has 1 fully saturated rings. The highest BCUT2D eigenvalue weighted by molar-refractivity contribution is 7.83. The Morgan fingerprint density at radius 2 is 2.33 bits per heavy atom. The molecule has 4 nitrogen and oxygen atoms in total. The van der Waals surface area contributed by atoms with Crippen molar-refractivity contribution in [2.45, 2.75) is 31.6 Å². The molecule has 86 valence electrons. The van der Waals surface area contributed by atoms with E-state index in [0.717, 1.165) is 0 Å². The molecule has 0 bridgehead atoms. The molecule has 4 atom stereocenters. The summed E-state index contributed by atoms with van der Waals surface area (Å²) in [7, 11) is 4.75. The molecule has 1 heterocycles. The van der Waals surface area contributed by atoms with Gasteiger partial charge in [-0.05, 0) is 12.6 Å². The number of hydrogen-bond donors (Lipinski definition) is 0. The van der Waals surface area contributed by atoms with Gasteiger partial charge < -0.3 is 18.6 Å². The third-order valence-electron chi connectivity index (χ3n) is 2.07. The molecule has 0 aromatic rings. The van der Waals surface area contributed by atoms with E-state index in [9.17, 15) is 4.57 Å². The van der Waals surface area contributed by atoms with E-state index in [-0.39, 0.29) is 25.8 Å². The summed E-state index contributed by atoms with van der Waals surface area (Å²) in [4.78, 5) is 0. The second-order valence-electron chi connectivity index (χ2n) is 3.20. The van der Waals surface area contributed by atoms with Crippen LogP contribution in [0.1, 0.15) is 13.3 Å². The van der Waals surface area contributed by atoms with Crippen LogP contribution in [0.4, 0.5) is 0 Å². The van der Waals surface area contributed by atoms with Crippen LogP contribution in [0.15, 0.2) is 0 Å². The van der Waals surface area contributed by atoms with Gasteiger partial charge in [0, 0.05) is 20.4 Å². The molecule has 7 heteroatoms. The summed E-state index contributed by atoms with van der Waals surface area (Å²) in [5.74, 6) is 0. The van der Waals surface area contributed by atoms with Crippen LogP contribution in [0, 0.1) is 0 Å². The minimum absolute atomic E-state index is 0.150. The normalized spacial score (nSPS) is 35.3. The van der Waals surface area contributed by atoms with Crippen LogP contribution >= 0.6 is 7.25 Å². The largest absolute Gasteiger partial charge is 0.382 e. The van der Waals surface area contributed by atoms with E-state index in [1.165, 1.54) is 0 Å². The summed E-state index contributed by atoms with van der Waals surface area (Å²) in [6, 6.07) is -0.313. The third kappa shape index (κ3) is 3.95. The summed E-state index contributed by atoms with van der Waals surface area (Å²) in [6.45, 7) is 2.36. The van der Waals surface area contributed by atoms with Crippen molar-refractivity contribution in [3.63, 3.8) is 0 Å². The maximum atomic E-state index is 11.9. The zero-order chi connectivity index (χ0) is 11.5. The van der Waals surface area contributed by atoms with Crippen LogP contribution in [0.25, 0.3) is 0 Å². The van der Waals surface area contributed by atoms with Gasteiger partial charge in [0.05, 0.1) is 20.3 Å². The van der Waals surface area contributed by atoms with Gasteiger partial charge in [0.25, 0.3) is 0 Å². The van der Waals surface area contributed by atoms with Crippen LogP contribution < -0.4 is 0 Å². The van der Waals surface area contributed by atoms with Gasteiger partial charge in [-0.25, -0.2) is 0 Å². The first-order valence-electron chi connectivity index (χ1n) is 4.68. The maximum absolute atomic E-state index is 11.9. The van der Waals surface area contributed by atoms with Crippen LogP contribution in [-0.4, -0.2) is 53.5 Å². The molecule has 0 amide bonds. The van der Waals surface area contributed by atoms with Gasteiger partial charge >= 0.3 is 0 Å². The molecule has 0 saturated carbocycles. The van der Waals surface area contributed by atoms with Crippen LogP contribution in [0.2, 0.25) is 0 Å². The van der Waals surface area contributed by atoms with Gasteiger partial charge in [0.1, 0.15) is 14.0 Å². The highest BCUT2D eigenvalue weighted by Gasteiger charge is 2.35. The molecule has 2 unspecified atom stereocenters. The highest BCUT2D eigenvalue weighted by Crippen LogP contribution is 2.44. The van der Waals surface area contributed by atoms with E-state index in [1.807, 2.05) is 6.92 Å². The SMILES string of the molecule is [B][C@H]1CC(OP([BH3-])(=O)CC)[C@@H](COC)O1. The van der Waals surface area contributed by atoms with E-state index < -0.39 is 7.25 Å². The molecule has 0 spiro atoms. The summed E-state index contributed by atoms with van der Waals surface area (Å²) in [5, 5.41) is 0. The van der Waals surface area contributed by atoms with Gasteiger partial charge in [-0.3, -0.25) is 0 Å². The first kappa shape index (κ1) is 13.3. The van der Waals surface area contributed by atoms with Crippen molar-refractivity contribution in [3.05, 3.63) is 0 Å². The molecule has 0 N–H and O–H groups in total. The fourth-order valence-corrected chi connectivity index (χ4v) is 2.07. The first-order valence-corrected chi connectivity index (χ1v) is 6.05. The summed E-state index contributed by atoms with van der Waals surface area (Å²) < 4.78 is 28.1. The van der Waals surface area contributed by atoms with Crippen molar-refractivity contribution in [3.8, 4) is 0 Å². The zero-order valence-electron chi connectivity index (χ0n) is 8.51. The van der Waals surface area contributed by atoms with Crippen molar-refractivity contribution in [2.24, 2.45) is 0 Å². The molecule has 15 heavy (non-hydrogen) atoms. The zero-order valence-corrected chi connectivity index (χ0v) is 9.41. The smallest absolute Gasteiger partial charge is 0.109 e. The predicted molar refractivity (Wildman–Crippen MR) is 63.9 cm³/mol. The number of ether oxygens (including phenoxy) is 2. The molecular weight excluding hydrogens is 213 g/mol. The Labute approximate surface area is 93.3 Å². The van der Waals surface area contributed by atoms with Crippen LogP contribution in [0.5, 0.6) is 0 Å². The lowest BCUT2D eigenvalue weighted by molar-refractivity contribution is -0.00911. The number of methoxy groups -OCH3 is 1. The fourth-order valence-electron chi connectivity index (χ4n) is 1.40. The number of rotatable bonds is 5. The lowest BCUT2D eigenvalue weighted by Gasteiger charge is -2.25. The lowest BCUT2D eigenvalue weighted by Crippen LogP contribution is -2.28. The molecule has 1 saturated heterocycles. The predicted octanol–water partition coefficient (Wildman–Crippen LogP) is -0.120. The van der Waals surface area contributed by atoms with Gasteiger partial charge in [-0.2, -0.15) is 0 Å². The molecular formula is C8H18B2O4P-. The van der Waals surface area contributed by atoms with E-state index in [0.29, 0.717) is 19.2 Å². The van der Waals surface area contributed by atoms with Crippen molar-refractivity contribution < 1.29 is 18.6 Å². The highest BCUT2D eigenvalue weighted by atomic mass is 31.2. The van der Waals surface area contributed by atoms with Gasteiger partial charge in [-0.15, -0.1) is 0 Å². The van der Waals surface area contributed by atoms with E-state index in [4.69, 9.17) is 21.8 Å². The molecule has 0 aromatic heterocycles. The molecule has 0 aromatic carbocycles. The Bertz CT molecular complexity index is 251. The molecule has 1 rings (SSSR count). The average Bonchev–Trinajstić information content (AvgIpc) is 2.47.